The van der Waals surface area contributed by atoms with Crippen molar-refractivity contribution >= 4 is 108 Å². The SMILES string of the molecule is CC(=O)NS(=O)(=O)c1cc(F)c(Cn2c(=O)[nH]c3cnc4nc(C)ccc4c32)c(F)c1.CC(=O)[N-]S(=O)(=O)c1cc(F)c(Cn2c(=O)[nH]c3cnc4nc(C)ccc4c32)c(F)c1.Cc1ccc2c(ncc3[nH]c(=O)n(Cc4c(F)cc(S(N)(=O)=O)cc4F)c32)n1.[Na+]. The Bertz CT molecular complexity index is 5300. The van der Waals surface area contributed by atoms with Gasteiger partial charge in [-0.3, -0.25) is 18.5 Å². The number of halogens is 6. The van der Waals surface area contributed by atoms with Gasteiger partial charge in [0.2, 0.25) is 15.9 Å². The standard InChI is InChI=1S/2C19H15F2N5O4S.C17H13F2N5O3S.Na/c2*1-9-3-4-12-17-16(7-22-18(12)23-9)24-19(28)26(17)8-13-14(20)5-11(6-15(13)21)31(29,30)25-10(2)27;1-8-2-3-10-15-14(6-21-16(10)22-8)23-17(25)24(15)7-11-12(18)4-9(5-13(11)19)28(20,26)27;/h3-7H,8H2,1-2H3,(H,24,28)(H,25,27);3-7H,8H2,1-2H3,(H2,24,25,27,28);2-6H,7H2,1H3,(H,23,25)(H2,20,26,27);/q;;;+1/p-1. The number of primary sulfonamides is 1. The first-order valence-electron chi connectivity index (χ1n) is 25.8. The fraction of sp³-hybridized carbons (Fsp3) is 0.145. The van der Waals surface area contributed by atoms with Gasteiger partial charge in [0.05, 0.1) is 91.9 Å². The largest absolute Gasteiger partial charge is 1.00 e. The molecule has 12 aromatic rings. The van der Waals surface area contributed by atoms with Crippen LogP contribution in [0.2, 0.25) is 0 Å². The van der Waals surface area contributed by atoms with Gasteiger partial charge in [-0.25, -0.2) is 106 Å². The van der Waals surface area contributed by atoms with E-state index in [-0.39, 0.29) is 29.6 Å². The number of hydrogen-bond donors (Lipinski definition) is 5. The number of aryl methyl sites for hydroxylation is 3. The Kier molecular flexibility index (Phi) is 18.1. The summed E-state index contributed by atoms with van der Waals surface area (Å²) in [4.78, 5) is 90.3. The molecule has 0 aliphatic rings. The number of nitrogens with zero attached hydrogens (tertiary/aromatic N) is 10. The molecule has 0 aliphatic carbocycles. The average molecular weight is 1320 g/mol. The Morgan fingerprint density at radius 3 is 1.09 bits per heavy atom. The first-order valence-corrected chi connectivity index (χ1v) is 30.3. The number of aromatic amines is 3. The van der Waals surface area contributed by atoms with E-state index in [2.05, 4.69) is 49.6 Å². The molecule has 0 saturated carbocycles. The van der Waals surface area contributed by atoms with Crippen LogP contribution in [0.25, 0.3) is 70.9 Å². The predicted molar refractivity (Wildman–Crippen MR) is 311 cm³/mol. The zero-order valence-electron chi connectivity index (χ0n) is 47.8. The summed E-state index contributed by atoms with van der Waals surface area (Å²) in [6.07, 6.45) is 4.21. The van der Waals surface area contributed by atoms with Gasteiger partial charge < -0.3 is 24.5 Å². The number of fused-ring (bicyclic) bond motifs is 9. The van der Waals surface area contributed by atoms with Gasteiger partial charge in [0.25, 0.3) is 10.0 Å². The molecule has 36 heteroatoms. The van der Waals surface area contributed by atoms with E-state index in [0.29, 0.717) is 114 Å². The van der Waals surface area contributed by atoms with Crippen molar-refractivity contribution in [2.24, 2.45) is 5.14 Å². The van der Waals surface area contributed by atoms with E-state index in [1.807, 2.05) is 0 Å². The predicted octanol–water partition coefficient (Wildman–Crippen LogP) is 2.81. The van der Waals surface area contributed by atoms with Crippen LogP contribution in [0.3, 0.4) is 0 Å². The van der Waals surface area contributed by atoms with E-state index in [4.69, 9.17) is 5.14 Å². The summed E-state index contributed by atoms with van der Waals surface area (Å²) in [6.45, 7) is 5.69. The third-order valence-corrected chi connectivity index (χ3v) is 17.2. The molecule has 0 spiro atoms. The molecule has 0 radical (unpaired) electrons. The number of nitrogens with one attached hydrogen (secondary N) is 4. The van der Waals surface area contributed by atoms with Crippen LogP contribution in [0.4, 0.5) is 26.3 Å². The Labute approximate surface area is 529 Å². The second-order valence-corrected chi connectivity index (χ2v) is 24.8. The van der Waals surface area contributed by atoms with Gasteiger partial charge in [-0.1, -0.05) is 0 Å². The molecule has 9 aromatic heterocycles. The molecule has 0 bridgehead atoms. The van der Waals surface area contributed by atoms with E-state index in [1.54, 1.807) is 61.9 Å². The van der Waals surface area contributed by atoms with E-state index in [9.17, 15) is 75.6 Å². The van der Waals surface area contributed by atoms with Crippen LogP contribution in [0.5, 0.6) is 0 Å². The Morgan fingerprint density at radius 2 is 0.802 bits per heavy atom. The summed E-state index contributed by atoms with van der Waals surface area (Å²) >= 11 is 0. The first kappa shape index (κ1) is 65.9. The zero-order valence-corrected chi connectivity index (χ0v) is 52.3. The maximum Gasteiger partial charge on any atom is 1.00 e. The van der Waals surface area contributed by atoms with Gasteiger partial charge in [-0.15, -0.1) is 0 Å². The van der Waals surface area contributed by atoms with Gasteiger partial charge in [-0.2, -0.15) is 0 Å². The van der Waals surface area contributed by atoms with E-state index in [0.717, 1.165) is 33.2 Å². The fourth-order valence-electron chi connectivity index (χ4n) is 9.53. The van der Waals surface area contributed by atoms with Crippen LogP contribution in [0, 0.1) is 55.7 Å². The molecule has 26 nitrogen and oxygen atoms in total. The number of hydrogen-bond acceptors (Lipinski definition) is 17. The van der Waals surface area contributed by atoms with Crippen LogP contribution < -0.4 is 56.5 Å². The molecule has 464 valence electrons. The normalized spacial score (nSPS) is 11.8. The first-order chi connectivity index (χ1) is 42.3. The van der Waals surface area contributed by atoms with Gasteiger partial charge in [0, 0.05) is 56.9 Å². The maximum atomic E-state index is 14.7. The van der Waals surface area contributed by atoms with E-state index >= 15 is 0 Å². The number of sulfonamides is 3. The van der Waals surface area contributed by atoms with Crippen LogP contribution in [-0.2, 0) is 59.3 Å². The van der Waals surface area contributed by atoms with Crippen molar-refractivity contribution < 1.29 is 90.7 Å². The molecular weight excluding hydrogens is 1280 g/mol. The molecule has 91 heavy (non-hydrogen) atoms. The molecule has 3 aromatic carbocycles. The van der Waals surface area contributed by atoms with Crippen LogP contribution in [-0.4, -0.2) is 95.6 Å². The topological polar surface area (TPSA) is 379 Å². The summed E-state index contributed by atoms with van der Waals surface area (Å²) < 4.78 is 166. The third kappa shape index (κ3) is 13.4. The van der Waals surface area contributed by atoms with Crippen LogP contribution >= 0.6 is 0 Å². The fourth-order valence-corrected chi connectivity index (χ4v) is 12.0. The molecule has 2 amide bonds. The Hall–Kier alpha value is -9.52. The zero-order chi connectivity index (χ0) is 65.2. The van der Waals surface area contributed by atoms with Gasteiger partial charge in [-0.05, 0) is 100 Å². The molecule has 0 fully saturated rings. The molecular formula is C55H42F6N15NaO11S3. The number of carbonyl (C=O) groups is 2. The average Bonchev–Trinajstić information content (AvgIpc) is 1.69. The Balaban J connectivity index is 0.000000161. The summed E-state index contributed by atoms with van der Waals surface area (Å²) in [7, 11) is -13.3. The van der Waals surface area contributed by atoms with Crippen molar-refractivity contribution in [1.82, 2.24) is 63.3 Å². The molecule has 0 atom stereocenters. The van der Waals surface area contributed by atoms with Gasteiger partial charge in [0.1, 0.15) is 44.9 Å². The van der Waals surface area contributed by atoms with E-state index < -0.39 is 145 Å². The number of amides is 2. The van der Waals surface area contributed by atoms with Crippen molar-refractivity contribution in [3.8, 4) is 0 Å². The minimum Gasteiger partial charge on any atom is -0.542 e. The number of imidazole rings is 3. The monoisotopic (exact) mass is 1320 g/mol. The number of benzene rings is 3. The quantitative estimate of drug-likeness (QED) is 0.0918. The molecule has 0 saturated heterocycles. The molecule has 0 aliphatic heterocycles. The minimum absolute atomic E-state index is 0. The van der Waals surface area contributed by atoms with Crippen molar-refractivity contribution in [3.63, 3.8) is 0 Å². The Morgan fingerprint density at radius 1 is 0.505 bits per heavy atom. The number of pyridine rings is 6. The number of nitrogens with two attached hydrogens (primary N) is 1. The number of H-pyrrole nitrogens is 3. The maximum absolute atomic E-state index is 14.7. The summed E-state index contributed by atoms with van der Waals surface area (Å²) in [5, 5.41) is 6.46. The van der Waals surface area contributed by atoms with Crippen molar-refractivity contribution in [2.75, 3.05) is 0 Å². The number of carbonyl (C=O) groups excluding carboxylic acids is 2. The van der Waals surface area contributed by atoms with Gasteiger partial charge in [0.15, 0.2) is 16.9 Å². The summed E-state index contributed by atoms with van der Waals surface area (Å²) in [6, 6.07) is 13.8. The van der Waals surface area contributed by atoms with Crippen molar-refractivity contribution in [3.05, 3.63) is 196 Å². The van der Waals surface area contributed by atoms with Crippen LogP contribution in [0.1, 0.15) is 47.6 Å². The second-order valence-electron chi connectivity index (χ2n) is 20.0. The second kappa shape index (κ2) is 25.0. The third-order valence-electron chi connectivity index (χ3n) is 13.5. The molecule has 0 unspecified atom stereocenters. The molecule has 9 heterocycles. The smallest absolute Gasteiger partial charge is 0.542 e. The van der Waals surface area contributed by atoms with E-state index in [1.165, 1.54) is 18.6 Å². The molecule has 12 rings (SSSR count). The van der Waals surface area contributed by atoms with Crippen molar-refractivity contribution in [1.29, 1.82) is 0 Å². The number of aromatic nitrogens is 12. The van der Waals surface area contributed by atoms with Crippen LogP contribution in [0.15, 0.2) is 120 Å². The van der Waals surface area contributed by atoms with Gasteiger partial charge >= 0.3 is 46.6 Å². The number of rotatable bonds is 11. The summed E-state index contributed by atoms with van der Waals surface area (Å²) in [5.74, 6) is -8.96. The summed E-state index contributed by atoms with van der Waals surface area (Å²) in [5.41, 5.74) is 2.02. The van der Waals surface area contributed by atoms with Crippen molar-refractivity contribution in [2.45, 2.75) is 68.9 Å². The molecule has 6 N–H and O–H groups in total. The minimum atomic E-state index is -4.55.